The molecular weight excluding hydrogens is 669 g/mol. The van der Waals surface area contributed by atoms with Crippen molar-refractivity contribution in [3.8, 4) is 16.9 Å². The molecule has 0 atom stereocenters. The van der Waals surface area contributed by atoms with Gasteiger partial charge in [-0.2, -0.15) is 5.10 Å². The van der Waals surface area contributed by atoms with Gasteiger partial charge in [0.1, 0.15) is 11.4 Å². The maximum Gasteiger partial charge on any atom is 0.268 e. The lowest BCUT2D eigenvalue weighted by molar-refractivity contribution is 0.0364. The summed E-state index contributed by atoms with van der Waals surface area (Å²) < 4.78 is 16.0. The standard InChI is InChI=1S/C40H47Cl2N5O3/c1-25-9-7-10-30(21-25)24-43-40(48)39-32(11-8-18-50-31-22-26(2)37(42)27(3)23-31)33-12-13-34(41)36(35-28(4)44-45(6)29(35)5)38(33)47(39)15-14-46-16-19-49-20-17-46/h7,9-10,12-13,21-23H,8,11,14-20,24H2,1-6H3,(H,43,48). The Balaban J connectivity index is 1.44. The van der Waals surface area contributed by atoms with Crippen LogP contribution in [0.5, 0.6) is 5.75 Å². The molecule has 0 unspecified atom stereocenters. The molecule has 0 spiro atoms. The van der Waals surface area contributed by atoms with Gasteiger partial charge in [0.2, 0.25) is 0 Å². The van der Waals surface area contributed by atoms with E-state index in [4.69, 9.17) is 37.8 Å². The van der Waals surface area contributed by atoms with E-state index in [1.165, 1.54) is 0 Å². The third kappa shape index (κ3) is 7.59. The first-order valence-corrected chi connectivity index (χ1v) is 18.2. The highest BCUT2D eigenvalue weighted by atomic mass is 35.5. The van der Waals surface area contributed by atoms with Crippen molar-refractivity contribution in [1.29, 1.82) is 0 Å². The van der Waals surface area contributed by atoms with Crippen molar-refractivity contribution in [3.05, 3.63) is 103 Å². The number of nitrogens with zero attached hydrogens (tertiary/aromatic N) is 4. The maximum atomic E-state index is 14.5. The molecule has 1 aliphatic heterocycles. The Morgan fingerprint density at radius 2 is 1.70 bits per heavy atom. The summed E-state index contributed by atoms with van der Waals surface area (Å²) in [6.07, 6.45) is 1.36. The van der Waals surface area contributed by atoms with Gasteiger partial charge in [-0.05, 0) is 87.9 Å². The minimum Gasteiger partial charge on any atom is -0.494 e. The summed E-state index contributed by atoms with van der Waals surface area (Å²) in [7, 11) is 1.95. The van der Waals surface area contributed by atoms with Crippen LogP contribution in [0.1, 0.15) is 56.1 Å². The van der Waals surface area contributed by atoms with E-state index in [1.54, 1.807) is 0 Å². The van der Waals surface area contributed by atoms with Crippen LogP contribution in [0.15, 0.2) is 48.5 Å². The topological polar surface area (TPSA) is 73.5 Å². The Hall–Kier alpha value is -3.82. The van der Waals surface area contributed by atoms with Crippen molar-refractivity contribution < 1.29 is 14.3 Å². The number of carbonyl (C=O) groups is 1. The molecule has 1 fully saturated rings. The molecule has 1 amide bonds. The second-order valence-electron chi connectivity index (χ2n) is 13.4. The third-order valence-corrected chi connectivity index (χ3v) is 10.7. The van der Waals surface area contributed by atoms with E-state index < -0.39 is 0 Å². The number of ether oxygens (including phenoxy) is 2. The average molecular weight is 717 g/mol. The van der Waals surface area contributed by atoms with Crippen LogP contribution in [0.4, 0.5) is 0 Å². The van der Waals surface area contributed by atoms with Crippen LogP contribution in [0.3, 0.4) is 0 Å². The number of nitrogens with one attached hydrogen (secondary N) is 1. The predicted octanol–water partition coefficient (Wildman–Crippen LogP) is 8.16. The number of fused-ring (bicyclic) bond motifs is 1. The van der Waals surface area contributed by atoms with Gasteiger partial charge in [-0.15, -0.1) is 0 Å². The summed E-state index contributed by atoms with van der Waals surface area (Å²) >= 11 is 13.5. The van der Waals surface area contributed by atoms with Crippen LogP contribution < -0.4 is 10.1 Å². The summed E-state index contributed by atoms with van der Waals surface area (Å²) in [5.41, 5.74) is 10.7. The molecule has 3 aromatic carbocycles. The SMILES string of the molecule is Cc1cccc(CNC(=O)c2c(CCCOc3cc(C)c(Cl)c(C)c3)c3ccc(Cl)c(-c4c(C)nn(C)c4C)c3n2CCN2CCOCC2)c1. The molecular formula is C40H47Cl2N5O3. The Morgan fingerprint density at radius 1 is 0.960 bits per heavy atom. The summed E-state index contributed by atoms with van der Waals surface area (Å²) in [5, 5.41) is 10.4. The highest BCUT2D eigenvalue weighted by Crippen LogP contribution is 2.42. The zero-order valence-corrected chi connectivity index (χ0v) is 31.5. The first-order valence-electron chi connectivity index (χ1n) is 17.4. The van der Waals surface area contributed by atoms with Crippen molar-refractivity contribution >= 4 is 40.0 Å². The van der Waals surface area contributed by atoms with Gasteiger partial charge in [-0.1, -0.05) is 59.1 Å². The molecule has 10 heteroatoms. The van der Waals surface area contributed by atoms with Crippen LogP contribution in [0.2, 0.25) is 10.0 Å². The second kappa shape index (κ2) is 15.6. The van der Waals surface area contributed by atoms with Crippen LogP contribution in [0.25, 0.3) is 22.0 Å². The molecule has 8 nitrogen and oxygen atoms in total. The molecule has 0 aliphatic carbocycles. The van der Waals surface area contributed by atoms with Gasteiger partial charge in [0.25, 0.3) is 5.91 Å². The van der Waals surface area contributed by atoms with E-state index in [2.05, 4.69) is 46.8 Å². The number of hydrogen-bond acceptors (Lipinski definition) is 5. The van der Waals surface area contributed by atoms with Crippen molar-refractivity contribution in [2.45, 2.75) is 60.5 Å². The highest BCUT2D eigenvalue weighted by Gasteiger charge is 2.28. The van der Waals surface area contributed by atoms with Gasteiger partial charge in [-0.3, -0.25) is 14.4 Å². The largest absolute Gasteiger partial charge is 0.494 e. The van der Waals surface area contributed by atoms with E-state index in [-0.39, 0.29) is 5.91 Å². The van der Waals surface area contributed by atoms with E-state index in [1.807, 2.05) is 62.8 Å². The lowest BCUT2D eigenvalue weighted by Crippen LogP contribution is -2.38. The fourth-order valence-electron chi connectivity index (χ4n) is 7.19. The molecule has 2 aromatic heterocycles. The number of halogens is 2. The number of hydrogen-bond donors (Lipinski definition) is 1. The zero-order valence-electron chi connectivity index (χ0n) is 30.0. The molecule has 3 heterocycles. The van der Waals surface area contributed by atoms with E-state index >= 15 is 0 Å². The number of morpholine rings is 1. The fraction of sp³-hybridized carbons (Fsp3) is 0.400. The van der Waals surface area contributed by atoms with Crippen LogP contribution in [-0.2, 0) is 31.3 Å². The first-order chi connectivity index (χ1) is 24.0. The molecule has 5 aromatic rings. The Labute approximate surface area is 305 Å². The van der Waals surface area contributed by atoms with Gasteiger partial charge in [-0.25, -0.2) is 0 Å². The van der Waals surface area contributed by atoms with E-state index in [9.17, 15) is 4.79 Å². The normalized spacial score (nSPS) is 13.7. The van der Waals surface area contributed by atoms with Crippen molar-refractivity contribution in [1.82, 2.24) is 24.6 Å². The second-order valence-corrected chi connectivity index (χ2v) is 14.2. The Bertz CT molecular complexity index is 2000. The molecule has 264 valence electrons. The average Bonchev–Trinajstić information content (AvgIpc) is 3.54. The molecule has 0 radical (unpaired) electrons. The molecule has 1 N–H and O–H groups in total. The fourth-order valence-corrected chi connectivity index (χ4v) is 7.54. The minimum absolute atomic E-state index is 0.105. The number of carbonyl (C=O) groups excluding carboxylic acids is 1. The van der Waals surface area contributed by atoms with Crippen LogP contribution >= 0.6 is 23.2 Å². The number of aryl methyl sites for hydroxylation is 6. The number of aromatic nitrogens is 3. The monoisotopic (exact) mass is 715 g/mol. The molecule has 0 bridgehead atoms. The molecule has 50 heavy (non-hydrogen) atoms. The first kappa shape index (κ1) is 36.0. The molecule has 0 saturated carbocycles. The summed E-state index contributed by atoms with van der Waals surface area (Å²) in [4.78, 5) is 16.9. The van der Waals surface area contributed by atoms with Gasteiger partial charge in [0, 0.05) is 67.0 Å². The molecule has 1 saturated heterocycles. The summed E-state index contributed by atoms with van der Waals surface area (Å²) in [6.45, 7) is 15.6. The zero-order chi connectivity index (χ0) is 35.5. The van der Waals surface area contributed by atoms with Crippen LogP contribution in [0, 0.1) is 34.6 Å². The number of benzene rings is 3. The lowest BCUT2D eigenvalue weighted by Gasteiger charge is -2.27. The quantitative estimate of drug-likeness (QED) is 0.132. The van der Waals surface area contributed by atoms with Crippen molar-refractivity contribution in [2.24, 2.45) is 7.05 Å². The number of rotatable bonds is 12. The molecule has 1 aliphatic rings. The predicted molar refractivity (Wildman–Crippen MR) is 203 cm³/mol. The number of amides is 1. The van der Waals surface area contributed by atoms with Gasteiger partial charge in [0.05, 0.1) is 36.1 Å². The highest BCUT2D eigenvalue weighted by molar-refractivity contribution is 6.35. The van der Waals surface area contributed by atoms with Crippen LogP contribution in [-0.4, -0.2) is 64.6 Å². The van der Waals surface area contributed by atoms with E-state index in [0.717, 1.165) is 91.6 Å². The summed E-state index contributed by atoms with van der Waals surface area (Å²) in [5.74, 6) is 0.691. The smallest absolute Gasteiger partial charge is 0.268 e. The maximum absolute atomic E-state index is 14.5. The molecule has 6 rings (SSSR count). The van der Waals surface area contributed by atoms with Crippen molar-refractivity contribution in [2.75, 3.05) is 39.5 Å². The Morgan fingerprint density at radius 3 is 2.38 bits per heavy atom. The van der Waals surface area contributed by atoms with Gasteiger partial charge >= 0.3 is 0 Å². The Kier molecular flexibility index (Phi) is 11.2. The van der Waals surface area contributed by atoms with Crippen molar-refractivity contribution in [3.63, 3.8) is 0 Å². The lowest BCUT2D eigenvalue weighted by atomic mass is 9.98. The minimum atomic E-state index is -0.105. The summed E-state index contributed by atoms with van der Waals surface area (Å²) in [6, 6.07) is 16.2. The third-order valence-electron chi connectivity index (χ3n) is 9.78. The van der Waals surface area contributed by atoms with E-state index in [0.29, 0.717) is 56.5 Å². The van der Waals surface area contributed by atoms with Gasteiger partial charge < -0.3 is 19.4 Å². The van der Waals surface area contributed by atoms with Gasteiger partial charge in [0.15, 0.2) is 0 Å².